The van der Waals surface area contributed by atoms with Crippen molar-refractivity contribution < 1.29 is 35.3 Å². The van der Waals surface area contributed by atoms with E-state index in [2.05, 4.69) is 4.72 Å². The number of hydrogen-bond acceptors (Lipinski definition) is 3. The van der Waals surface area contributed by atoms with Gasteiger partial charge in [0.1, 0.15) is 18.8 Å². The number of rotatable bonds is 4. The summed E-state index contributed by atoms with van der Waals surface area (Å²) >= 11 is 0. The molecule has 1 N–H and O–H groups in total. The van der Waals surface area contributed by atoms with Crippen LogP contribution in [0.3, 0.4) is 0 Å². The predicted molar refractivity (Wildman–Crippen MR) is 116 cm³/mol. The Morgan fingerprint density at radius 1 is 1.11 bits per heavy atom. The molecular formula is C23H25F4N4O3S+. The molecule has 1 aliphatic carbocycles. The van der Waals surface area contributed by atoms with E-state index in [4.69, 9.17) is 0 Å². The van der Waals surface area contributed by atoms with Gasteiger partial charge in [-0.25, -0.2) is 13.1 Å². The zero-order chi connectivity index (χ0) is 25.0. The second-order valence-electron chi connectivity index (χ2n) is 10.2. The van der Waals surface area contributed by atoms with Crippen molar-refractivity contribution in [3.05, 3.63) is 53.3 Å². The summed E-state index contributed by atoms with van der Waals surface area (Å²) in [6.45, 7) is 0.204. The number of sulfonamides is 1. The molecule has 1 amide bonds. The van der Waals surface area contributed by atoms with E-state index < -0.39 is 39.1 Å². The molecule has 2 aromatic rings. The molecule has 7 nitrogen and oxygen atoms in total. The minimum Gasteiger partial charge on any atom is -0.330 e. The SMILES string of the molecule is C[N+]12CCn3c(C(F)(F)F)ccc3[C@]13CCN(C(=O)c1ccc(S(=O)(=O)NC4CC4)cc1)C[C@@]32F. The van der Waals surface area contributed by atoms with Gasteiger partial charge in [0, 0.05) is 24.6 Å². The predicted octanol–water partition coefficient (Wildman–Crippen LogP) is 2.83. The fourth-order valence-electron chi connectivity index (χ4n) is 6.33. The van der Waals surface area contributed by atoms with Crippen molar-refractivity contribution in [1.29, 1.82) is 0 Å². The quantitative estimate of drug-likeness (QED) is 0.296. The van der Waals surface area contributed by atoms with Gasteiger partial charge in [-0.3, -0.25) is 9.28 Å². The minimum atomic E-state index is -4.52. The van der Waals surface area contributed by atoms with Crippen LogP contribution in [0.15, 0.2) is 41.3 Å². The van der Waals surface area contributed by atoms with E-state index in [1.54, 1.807) is 7.05 Å². The fraction of sp³-hybridized carbons (Fsp3) is 0.522. The number of alkyl halides is 4. The number of amides is 1. The van der Waals surface area contributed by atoms with E-state index in [1.165, 1.54) is 39.8 Å². The van der Waals surface area contributed by atoms with Gasteiger partial charge in [0.05, 0.1) is 24.2 Å². The average molecular weight is 514 g/mol. The van der Waals surface area contributed by atoms with Gasteiger partial charge in [-0.1, -0.05) is 0 Å². The Hall–Kier alpha value is -2.44. The molecule has 6 rings (SSSR count). The molecule has 188 valence electrons. The van der Waals surface area contributed by atoms with Crippen LogP contribution in [0.1, 0.15) is 41.0 Å². The Bertz CT molecular complexity index is 1340. The second kappa shape index (κ2) is 6.86. The number of benzene rings is 1. The van der Waals surface area contributed by atoms with Crippen molar-refractivity contribution >= 4 is 15.9 Å². The van der Waals surface area contributed by atoms with Crippen LogP contribution in [0, 0.1) is 0 Å². The summed E-state index contributed by atoms with van der Waals surface area (Å²) in [6, 6.07) is 7.89. The monoisotopic (exact) mass is 513 g/mol. The van der Waals surface area contributed by atoms with Crippen molar-refractivity contribution in [2.45, 2.75) is 54.3 Å². The lowest BCUT2D eigenvalue weighted by Gasteiger charge is -2.30. The highest BCUT2D eigenvalue weighted by Gasteiger charge is 2.94. The van der Waals surface area contributed by atoms with Gasteiger partial charge in [-0.2, -0.15) is 17.6 Å². The van der Waals surface area contributed by atoms with Crippen LogP contribution in [0.2, 0.25) is 0 Å². The average Bonchev–Trinajstić information content (AvgIpc) is 3.61. The number of aromatic nitrogens is 1. The van der Waals surface area contributed by atoms with Gasteiger partial charge in [0.15, 0.2) is 0 Å². The van der Waals surface area contributed by atoms with Crippen LogP contribution in [0.4, 0.5) is 17.6 Å². The normalized spacial score (nSPS) is 32.0. The van der Waals surface area contributed by atoms with Gasteiger partial charge in [0.25, 0.3) is 5.91 Å². The molecule has 0 bridgehead atoms. The topological polar surface area (TPSA) is 71.4 Å². The summed E-state index contributed by atoms with van der Waals surface area (Å²) in [5.41, 5.74) is -1.31. The third-order valence-electron chi connectivity index (χ3n) is 8.42. The molecule has 1 spiro atoms. The third kappa shape index (κ3) is 2.96. The maximum Gasteiger partial charge on any atom is 0.431 e. The number of halogens is 4. The Labute approximate surface area is 199 Å². The van der Waals surface area contributed by atoms with Crippen LogP contribution in [0.5, 0.6) is 0 Å². The second-order valence-corrected chi connectivity index (χ2v) is 11.9. The number of hydrogen-bond donors (Lipinski definition) is 1. The molecule has 1 unspecified atom stereocenters. The molecule has 3 fully saturated rings. The standard InChI is InChI=1S/C23H25F4N4O3S/c1-31-13-12-30-18(8-9-19(30)23(25,26)27)21(31)10-11-29(14-22(21,31)24)20(32)15-2-6-17(7-3-15)35(33,34)28-16-4-5-16/h2-3,6-9,16,28H,4-5,10-14H2,1H3/q+1/t21-,22-,31?/m0/s1. The number of nitrogens with one attached hydrogen (secondary N) is 1. The van der Waals surface area contributed by atoms with Gasteiger partial charge < -0.3 is 9.47 Å². The lowest BCUT2D eigenvalue weighted by Crippen LogP contribution is -2.46. The smallest absolute Gasteiger partial charge is 0.330 e. The number of fused-ring (bicyclic) bond motifs is 2. The summed E-state index contributed by atoms with van der Waals surface area (Å²) in [5.74, 6) is -2.33. The van der Waals surface area contributed by atoms with Gasteiger partial charge in [-0.05, 0) is 49.2 Å². The fourth-order valence-corrected chi connectivity index (χ4v) is 7.64. The van der Waals surface area contributed by atoms with Gasteiger partial charge in [0.2, 0.25) is 15.6 Å². The summed E-state index contributed by atoms with van der Waals surface area (Å²) in [5, 5.41) is 0. The molecule has 1 saturated carbocycles. The molecule has 3 atom stereocenters. The number of carbonyl (C=O) groups is 1. The van der Waals surface area contributed by atoms with Crippen LogP contribution in [-0.2, 0) is 28.3 Å². The third-order valence-corrected chi connectivity index (χ3v) is 9.95. The van der Waals surface area contributed by atoms with E-state index in [9.17, 15) is 26.4 Å². The summed E-state index contributed by atoms with van der Waals surface area (Å²) in [6.07, 6.45) is -2.72. The highest BCUT2D eigenvalue weighted by molar-refractivity contribution is 7.89. The molecule has 4 aliphatic rings. The number of likely N-dealkylation sites (N-methyl/N-ethyl adjacent to an activating group) is 1. The van der Waals surface area contributed by atoms with Crippen LogP contribution < -0.4 is 4.72 Å². The number of piperidine rings is 1. The lowest BCUT2D eigenvalue weighted by molar-refractivity contribution is -0.851. The summed E-state index contributed by atoms with van der Waals surface area (Å²) in [7, 11) is -1.94. The lowest BCUT2D eigenvalue weighted by atomic mass is 9.90. The molecule has 35 heavy (non-hydrogen) atoms. The molecule has 4 heterocycles. The molecule has 12 heteroatoms. The first-order chi connectivity index (χ1) is 16.3. The van der Waals surface area contributed by atoms with Crippen molar-refractivity contribution in [2.24, 2.45) is 0 Å². The zero-order valence-corrected chi connectivity index (χ0v) is 19.8. The zero-order valence-electron chi connectivity index (χ0n) is 19.0. The molecule has 3 aliphatic heterocycles. The van der Waals surface area contributed by atoms with Gasteiger partial charge >= 0.3 is 12.0 Å². The number of quaternary nitrogens is 1. The molecule has 2 saturated heterocycles. The maximum absolute atomic E-state index is 16.5. The first kappa shape index (κ1) is 23.0. The summed E-state index contributed by atoms with van der Waals surface area (Å²) < 4.78 is 85.4. The first-order valence-electron chi connectivity index (χ1n) is 11.6. The van der Waals surface area contributed by atoms with Crippen LogP contribution in [-0.4, -0.2) is 66.8 Å². The van der Waals surface area contributed by atoms with E-state index in [-0.39, 0.29) is 53.6 Å². The number of carbonyl (C=O) groups excluding carboxylic acids is 1. The largest absolute Gasteiger partial charge is 0.431 e. The van der Waals surface area contributed by atoms with E-state index in [0.29, 0.717) is 5.69 Å². The highest BCUT2D eigenvalue weighted by atomic mass is 32.2. The number of likely N-dealkylation sites (tertiary alicyclic amines) is 1. The Morgan fingerprint density at radius 2 is 1.80 bits per heavy atom. The summed E-state index contributed by atoms with van der Waals surface area (Å²) in [4.78, 5) is 14.6. The number of nitrogens with zero attached hydrogens (tertiary/aromatic N) is 3. The van der Waals surface area contributed by atoms with Crippen molar-refractivity contribution in [2.75, 3.05) is 26.7 Å². The van der Waals surface area contributed by atoms with E-state index >= 15 is 4.39 Å². The van der Waals surface area contributed by atoms with Crippen molar-refractivity contribution in [3.8, 4) is 0 Å². The molecule has 1 aromatic heterocycles. The minimum absolute atomic E-state index is 0.0439. The van der Waals surface area contributed by atoms with Gasteiger partial charge in [-0.15, -0.1) is 0 Å². The Balaban J connectivity index is 1.25. The highest BCUT2D eigenvalue weighted by Crippen LogP contribution is 2.71. The maximum atomic E-state index is 16.5. The molecular weight excluding hydrogens is 488 g/mol. The van der Waals surface area contributed by atoms with Crippen LogP contribution in [0.25, 0.3) is 0 Å². The Morgan fingerprint density at radius 3 is 2.43 bits per heavy atom. The molecule has 1 aromatic carbocycles. The van der Waals surface area contributed by atoms with Crippen molar-refractivity contribution in [3.63, 3.8) is 0 Å². The van der Waals surface area contributed by atoms with Crippen molar-refractivity contribution in [1.82, 2.24) is 14.2 Å². The van der Waals surface area contributed by atoms with Crippen LogP contribution >= 0.6 is 0 Å². The molecule has 0 radical (unpaired) electrons. The van der Waals surface area contributed by atoms with E-state index in [1.807, 2.05) is 0 Å². The van der Waals surface area contributed by atoms with E-state index in [0.717, 1.165) is 18.9 Å². The first-order valence-corrected chi connectivity index (χ1v) is 13.1. The Kier molecular flexibility index (Phi) is 4.50.